The van der Waals surface area contributed by atoms with Crippen LogP contribution >= 0.6 is 0 Å². The van der Waals surface area contributed by atoms with Gasteiger partial charge in [-0.25, -0.2) is 0 Å². The predicted molar refractivity (Wildman–Crippen MR) is 122 cm³/mol. The lowest BCUT2D eigenvalue weighted by Crippen LogP contribution is -2.47. The summed E-state index contributed by atoms with van der Waals surface area (Å²) in [4.78, 5) is 34.8. The van der Waals surface area contributed by atoms with Gasteiger partial charge in [0.05, 0.1) is 18.4 Å². The van der Waals surface area contributed by atoms with Crippen molar-refractivity contribution >= 4 is 5.91 Å². The second kappa shape index (κ2) is 9.39. The minimum atomic E-state index is -4.35. The third kappa shape index (κ3) is 4.38. The monoisotopic (exact) mass is 490 g/mol. The Hall–Kier alpha value is -2.72. The van der Waals surface area contributed by atoms with Crippen molar-refractivity contribution in [3.8, 4) is 11.1 Å². The standard InChI is InChI=1S/C25H29F3N4O3/c26-25(27,28)8-12-31-20-14-32-19(7-6-17(23(32)34)16-5-4-9-29-13-16)22(31)21(18(20)15-33)24(35)30-10-2-1-3-11-30/h4-7,9,13,18,20-22,33H,1-3,8,10-12,14-15H2/t18-,20-,21+,22+/m0/s1. The molecular formula is C25H29F3N4O3. The highest BCUT2D eigenvalue weighted by Gasteiger charge is 2.56. The number of carbonyl (C=O) groups is 1. The summed E-state index contributed by atoms with van der Waals surface area (Å²) in [5, 5.41) is 10.3. The van der Waals surface area contributed by atoms with Gasteiger partial charge in [-0.05, 0) is 37.5 Å². The maximum Gasteiger partial charge on any atom is 0.390 e. The first-order chi connectivity index (χ1) is 16.8. The Balaban J connectivity index is 1.58. The largest absolute Gasteiger partial charge is 0.396 e. The van der Waals surface area contributed by atoms with E-state index in [9.17, 15) is 27.9 Å². The Bertz CT molecular complexity index is 1130. The number of likely N-dealkylation sites (tertiary alicyclic amines) is 1. The Kier molecular flexibility index (Phi) is 6.43. The number of nitrogens with zero attached hydrogens (tertiary/aromatic N) is 4. The van der Waals surface area contributed by atoms with E-state index in [-0.39, 0.29) is 31.2 Å². The van der Waals surface area contributed by atoms with Gasteiger partial charge in [0, 0.05) is 74.0 Å². The first-order valence-corrected chi connectivity index (χ1v) is 12.2. The summed E-state index contributed by atoms with van der Waals surface area (Å²) in [5.74, 6) is -1.39. The third-order valence-electron chi connectivity index (χ3n) is 7.75. The van der Waals surface area contributed by atoms with Crippen LogP contribution in [0.3, 0.4) is 0 Å². The third-order valence-corrected chi connectivity index (χ3v) is 7.75. The molecule has 2 aromatic heterocycles. The van der Waals surface area contributed by atoms with Gasteiger partial charge in [0.15, 0.2) is 0 Å². The molecule has 188 valence electrons. The molecule has 7 nitrogen and oxygen atoms in total. The molecule has 5 heterocycles. The highest BCUT2D eigenvalue weighted by atomic mass is 19.4. The van der Waals surface area contributed by atoms with Gasteiger partial charge in [-0.1, -0.05) is 6.07 Å². The number of carbonyl (C=O) groups excluding carboxylic acids is 1. The molecule has 0 spiro atoms. The fourth-order valence-electron chi connectivity index (χ4n) is 6.13. The van der Waals surface area contributed by atoms with Gasteiger partial charge < -0.3 is 14.6 Å². The van der Waals surface area contributed by atoms with Crippen LogP contribution in [-0.4, -0.2) is 68.8 Å². The van der Waals surface area contributed by atoms with Crippen LogP contribution in [0, 0.1) is 11.8 Å². The Morgan fingerprint density at radius 1 is 1.14 bits per heavy atom. The molecule has 1 N–H and O–H groups in total. The number of halogens is 3. The van der Waals surface area contributed by atoms with Crippen molar-refractivity contribution in [3.05, 3.63) is 52.7 Å². The minimum absolute atomic E-state index is 0.131. The van der Waals surface area contributed by atoms with E-state index in [0.717, 1.165) is 19.3 Å². The molecule has 2 fully saturated rings. The van der Waals surface area contributed by atoms with Gasteiger partial charge >= 0.3 is 6.18 Å². The van der Waals surface area contributed by atoms with Crippen LogP contribution in [0.5, 0.6) is 0 Å². The number of aliphatic hydroxyl groups is 1. The highest BCUT2D eigenvalue weighted by Crippen LogP contribution is 2.49. The zero-order valence-electron chi connectivity index (χ0n) is 19.3. The quantitative estimate of drug-likeness (QED) is 0.698. The summed E-state index contributed by atoms with van der Waals surface area (Å²) < 4.78 is 41.2. The van der Waals surface area contributed by atoms with Gasteiger partial charge in [0.2, 0.25) is 5.91 Å². The van der Waals surface area contributed by atoms with Gasteiger partial charge in [-0.2, -0.15) is 13.2 Å². The Morgan fingerprint density at radius 2 is 1.91 bits per heavy atom. The van der Waals surface area contributed by atoms with Crippen molar-refractivity contribution in [1.82, 2.24) is 19.4 Å². The van der Waals surface area contributed by atoms with E-state index < -0.39 is 36.5 Å². The summed E-state index contributed by atoms with van der Waals surface area (Å²) in [6, 6.07) is 5.70. The normalized spacial score (nSPS) is 26.6. The lowest BCUT2D eigenvalue weighted by Gasteiger charge is -2.39. The fourth-order valence-corrected chi connectivity index (χ4v) is 6.13. The Morgan fingerprint density at radius 3 is 2.57 bits per heavy atom. The SMILES string of the molecule is O=C([C@@H]1[C@@H](CO)[C@@H]2Cn3c(ccc(-c4cccnc4)c3=O)[C@H]1N2CCC(F)(F)F)N1CCCCC1. The second-order valence-corrected chi connectivity index (χ2v) is 9.70. The van der Waals surface area contributed by atoms with Crippen LogP contribution in [0.1, 0.15) is 37.4 Å². The summed E-state index contributed by atoms with van der Waals surface area (Å²) in [7, 11) is 0. The van der Waals surface area contributed by atoms with Crippen LogP contribution in [-0.2, 0) is 11.3 Å². The van der Waals surface area contributed by atoms with E-state index in [2.05, 4.69) is 4.98 Å². The lowest BCUT2D eigenvalue weighted by molar-refractivity contribution is -0.141. The number of rotatable bonds is 5. The maximum absolute atomic E-state index is 13.7. The summed E-state index contributed by atoms with van der Waals surface area (Å²) in [6.07, 6.45) is 0.660. The number of aromatic nitrogens is 2. The molecule has 35 heavy (non-hydrogen) atoms. The molecule has 3 aliphatic heterocycles. The number of alkyl halides is 3. The van der Waals surface area contributed by atoms with Gasteiger partial charge in [0.1, 0.15) is 0 Å². The zero-order valence-corrected chi connectivity index (χ0v) is 19.3. The molecule has 1 amide bonds. The van der Waals surface area contributed by atoms with E-state index in [1.807, 2.05) is 0 Å². The van der Waals surface area contributed by atoms with Crippen molar-refractivity contribution in [2.45, 2.75) is 50.5 Å². The maximum atomic E-state index is 13.7. The van der Waals surface area contributed by atoms with E-state index in [4.69, 9.17) is 0 Å². The molecule has 2 aromatic rings. The molecular weight excluding hydrogens is 461 g/mol. The highest BCUT2D eigenvalue weighted by molar-refractivity contribution is 5.81. The van der Waals surface area contributed by atoms with Crippen molar-refractivity contribution in [2.24, 2.45) is 11.8 Å². The van der Waals surface area contributed by atoms with Crippen molar-refractivity contribution in [2.75, 3.05) is 26.2 Å². The molecule has 5 rings (SSSR count). The Labute approximate surface area is 201 Å². The first-order valence-electron chi connectivity index (χ1n) is 12.2. The molecule has 0 aromatic carbocycles. The van der Waals surface area contributed by atoms with Crippen molar-refractivity contribution in [1.29, 1.82) is 0 Å². The first kappa shape index (κ1) is 24.0. The summed E-state index contributed by atoms with van der Waals surface area (Å²) in [5.41, 5.74) is 1.37. The molecule has 0 aliphatic carbocycles. The number of pyridine rings is 2. The van der Waals surface area contributed by atoms with Crippen molar-refractivity contribution in [3.63, 3.8) is 0 Å². The van der Waals surface area contributed by atoms with Crippen LogP contribution in [0.2, 0.25) is 0 Å². The molecule has 4 atom stereocenters. The second-order valence-electron chi connectivity index (χ2n) is 9.70. The van der Waals surface area contributed by atoms with Crippen LogP contribution in [0.15, 0.2) is 41.5 Å². The van der Waals surface area contributed by atoms with E-state index in [1.165, 1.54) is 0 Å². The molecule has 0 radical (unpaired) electrons. The smallest absolute Gasteiger partial charge is 0.390 e. The van der Waals surface area contributed by atoms with E-state index in [1.54, 1.807) is 51.0 Å². The van der Waals surface area contributed by atoms with Gasteiger partial charge in [-0.15, -0.1) is 0 Å². The predicted octanol–water partition coefficient (Wildman–Crippen LogP) is 2.84. The number of hydrogen-bond acceptors (Lipinski definition) is 5. The average molecular weight is 491 g/mol. The summed E-state index contributed by atoms with van der Waals surface area (Å²) >= 11 is 0. The fraction of sp³-hybridized carbons (Fsp3) is 0.560. The minimum Gasteiger partial charge on any atom is -0.396 e. The number of fused-ring (bicyclic) bond motifs is 4. The number of amides is 1. The molecule has 3 aliphatic rings. The van der Waals surface area contributed by atoms with Gasteiger partial charge in [0.25, 0.3) is 5.56 Å². The van der Waals surface area contributed by atoms with E-state index >= 15 is 0 Å². The van der Waals surface area contributed by atoms with Gasteiger partial charge in [-0.3, -0.25) is 19.5 Å². The van der Waals surface area contributed by atoms with Crippen LogP contribution < -0.4 is 5.56 Å². The molecule has 2 saturated heterocycles. The number of aliphatic hydroxyl groups excluding tert-OH is 1. The number of hydrogen-bond donors (Lipinski definition) is 1. The van der Waals surface area contributed by atoms with Crippen molar-refractivity contribution < 1.29 is 23.1 Å². The molecule has 0 unspecified atom stereocenters. The van der Waals surface area contributed by atoms with Crippen LogP contribution in [0.25, 0.3) is 11.1 Å². The number of piperidine rings is 1. The van der Waals surface area contributed by atoms with E-state index in [0.29, 0.717) is 29.9 Å². The molecule has 2 bridgehead atoms. The van der Waals surface area contributed by atoms with Crippen LogP contribution in [0.4, 0.5) is 13.2 Å². The zero-order chi connectivity index (χ0) is 24.7. The average Bonchev–Trinajstić information content (AvgIpc) is 3.08. The molecule has 10 heteroatoms. The molecule has 0 saturated carbocycles. The lowest BCUT2D eigenvalue weighted by atomic mass is 9.85. The topological polar surface area (TPSA) is 78.7 Å². The summed E-state index contributed by atoms with van der Waals surface area (Å²) in [6.45, 7) is 0.746.